The maximum Gasteiger partial charge on any atom is 0.247 e. The number of benzene rings is 1. The first-order valence-corrected chi connectivity index (χ1v) is 8.08. The zero-order valence-corrected chi connectivity index (χ0v) is 14.4. The van der Waals surface area contributed by atoms with Gasteiger partial charge in [0.2, 0.25) is 10.0 Å². The summed E-state index contributed by atoms with van der Waals surface area (Å²) in [6, 6.07) is 7.74. The number of alkyl halides is 3. The second kappa shape index (κ2) is 7.95. The summed E-state index contributed by atoms with van der Waals surface area (Å²) in [5, 5.41) is 5.44. The Morgan fingerprint density at radius 2 is 2.05 bits per heavy atom. The first-order valence-electron chi connectivity index (χ1n) is 6.94. The van der Waals surface area contributed by atoms with Crippen LogP contribution in [0.2, 0.25) is 0 Å². The number of ether oxygens (including phenoxy) is 2. The molecule has 0 saturated carbocycles. The average molecular weight is 364 g/mol. The highest BCUT2D eigenvalue weighted by molar-refractivity contribution is 6.68. The number of unbranched alkanes of at least 4 members (excludes halogenated alkanes) is 1. The predicted octanol–water partition coefficient (Wildman–Crippen LogP) is 4.81. The third-order valence-corrected chi connectivity index (χ3v) is 3.52. The van der Waals surface area contributed by atoms with Crippen LogP contribution in [0.3, 0.4) is 0 Å². The van der Waals surface area contributed by atoms with Gasteiger partial charge >= 0.3 is 0 Å². The van der Waals surface area contributed by atoms with Gasteiger partial charge in [-0.1, -0.05) is 60.3 Å². The van der Waals surface area contributed by atoms with E-state index in [1.165, 1.54) is 11.4 Å². The molecule has 22 heavy (non-hydrogen) atoms. The van der Waals surface area contributed by atoms with Crippen molar-refractivity contribution in [3.05, 3.63) is 36.0 Å². The topological polar surface area (TPSA) is 34.1 Å². The third-order valence-electron chi connectivity index (χ3n) is 2.96. The fourth-order valence-corrected chi connectivity index (χ4v) is 2.23. The zero-order chi connectivity index (χ0) is 16.0. The van der Waals surface area contributed by atoms with E-state index in [-0.39, 0.29) is 0 Å². The molecule has 7 heteroatoms. The summed E-state index contributed by atoms with van der Waals surface area (Å²) in [7, 11) is 0. The summed E-state index contributed by atoms with van der Waals surface area (Å²) in [6.45, 7) is 2.86. The molecule has 0 saturated heterocycles. The van der Waals surface area contributed by atoms with Crippen LogP contribution < -0.4 is 4.74 Å². The Bertz CT molecular complexity index is 527. The minimum absolute atomic E-state index is 0.733. The molecule has 0 amide bonds. The lowest BCUT2D eigenvalue weighted by Crippen LogP contribution is -2.36. The molecular formula is C15H17Cl3N2O2. The van der Waals surface area contributed by atoms with Gasteiger partial charge in [-0.05, 0) is 30.2 Å². The van der Waals surface area contributed by atoms with Gasteiger partial charge in [0.05, 0.1) is 6.61 Å². The van der Waals surface area contributed by atoms with E-state index in [1.54, 1.807) is 6.20 Å². The quantitative estimate of drug-likeness (QED) is 0.537. The Balaban J connectivity index is 1.94. The molecule has 0 radical (unpaired) electrons. The van der Waals surface area contributed by atoms with Crippen molar-refractivity contribution >= 4 is 47.3 Å². The minimum atomic E-state index is -1.59. The normalized spacial score (nSPS) is 18.0. The van der Waals surface area contributed by atoms with Crippen molar-refractivity contribution < 1.29 is 9.47 Å². The number of halogens is 3. The number of hydrogen-bond donors (Lipinski definition) is 0. The third kappa shape index (κ3) is 4.97. The second-order valence-electron chi connectivity index (χ2n) is 4.72. The predicted molar refractivity (Wildman–Crippen MR) is 91.4 cm³/mol. The lowest BCUT2D eigenvalue weighted by atomic mass is 10.2. The fourth-order valence-electron chi connectivity index (χ4n) is 1.78. The standard InChI is InChI=1S/C15H17Cl3N2O2/c1-2-3-10-21-13-6-4-12(5-7-13)8-9-20-14(15(16,17)18)22-11-19-20/h4-9,11,14H,2-3,10H2,1H3/b9-8+. The first-order chi connectivity index (χ1) is 10.5. The minimum Gasteiger partial charge on any atom is -0.494 e. The molecule has 1 atom stereocenters. The molecule has 120 valence electrons. The molecule has 1 heterocycles. The van der Waals surface area contributed by atoms with Crippen LogP contribution in [0.5, 0.6) is 5.75 Å². The maximum absolute atomic E-state index is 5.83. The van der Waals surface area contributed by atoms with Crippen LogP contribution in [0.15, 0.2) is 35.6 Å². The van der Waals surface area contributed by atoms with Gasteiger partial charge < -0.3 is 9.47 Å². The smallest absolute Gasteiger partial charge is 0.247 e. The first kappa shape index (κ1) is 17.3. The van der Waals surface area contributed by atoms with Gasteiger partial charge in [0.15, 0.2) is 6.40 Å². The van der Waals surface area contributed by atoms with Gasteiger partial charge in [-0.2, -0.15) is 0 Å². The average Bonchev–Trinajstić information content (AvgIpc) is 2.95. The molecule has 1 aromatic carbocycles. The van der Waals surface area contributed by atoms with Gasteiger partial charge in [-0.3, -0.25) is 0 Å². The lowest BCUT2D eigenvalue weighted by molar-refractivity contribution is 0.102. The van der Waals surface area contributed by atoms with Crippen molar-refractivity contribution in [2.24, 2.45) is 5.10 Å². The van der Waals surface area contributed by atoms with Gasteiger partial charge in [0.1, 0.15) is 5.75 Å². The van der Waals surface area contributed by atoms with Crippen molar-refractivity contribution in [3.63, 3.8) is 0 Å². The van der Waals surface area contributed by atoms with Gasteiger partial charge in [-0.15, -0.1) is 5.10 Å². The van der Waals surface area contributed by atoms with Crippen molar-refractivity contribution in [2.75, 3.05) is 6.61 Å². The van der Waals surface area contributed by atoms with Gasteiger partial charge in [0, 0.05) is 6.20 Å². The van der Waals surface area contributed by atoms with Crippen LogP contribution in [-0.4, -0.2) is 28.0 Å². The maximum atomic E-state index is 5.83. The van der Waals surface area contributed by atoms with E-state index < -0.39 is 10.0 Å². The summed E-state index contributed by atoms with van der Waals surface area (Å²) < 4.78 is 9.18. The van der Waals surface area contributed by atoms with Crippen LogP contribution in [0.1, 0.15) is 25.3 Å². The molecule has 1 aromatic rings. The second-order valence-corrected chi connectivity index (χ2v) is 7.09. The summed E-state index contributed by atoms with van der Waals surface area (Å²) in [6.07, 6.45) is 6.19. The molecule has 0 bridgehead atoms. The highest BCUT2D eigenvalue weighted by Crippen LogP contribution is 2.36. The molecule has 4 nitrogen and oxygen atoms in total. The number of rotatable bonds is 6. The van der Waals surface area contributed by atoms with Crippen molar-refractivity contribution in [1.82, 2.24) is 5.01 Å². The summed E-state index contributed by atoms with van der Waals surface area (Å²) >= 11 is 17.5. The van der Waals surface area contributed by atoms with Gasteiger partial charge in [0.25, 0.3) is 0 Å². The molecule has 0 fully saturated rings. The van der Waals surface area contributed by atoms with Crippen LogP contribution >= 0.6 is 34.8 Å². The number of hydrogen-bond acceptors (Lipinski definition) is 4. The molecule has 0 aliphatic carbocycles. The Morgan fingerprint density at radius 1 is 1.32 bits per heavy atom. The highest BCUT2D eigenvalue weighted by atomic mass is 35.6. The van der Waals surface area contributed by atoms with E-state index in [1.807, 2.05) is 30.3 Å². The SMILES string of the molecule is CCCCOc1ccc(/C=C/N2N=COC2C(Cl)(Cl)Cl)cc1. The number of nitrogens with zero attached hydrogens (tertiary/aromatic N) is 2. The molecule has 2 rings (SSSR count). The molecule has 1 aliphatic heterocycles. The zero-order valence-electron chi connectivity index (χ0n) is 12.1. The molecule has 0 aromatic heterocycles. The van der Waals surface area contributed by atoms with E-state index in [0.29, 0.717) is 0 Å². The van der Waals surface area contributed by atoms with Crippen LogP contribution in [0.25, 0.3) is 6.08 Å². The number of hydrazone groups is 1. The summed E-state index contributed by atoms with van der Waals surface area (Å²) in [5.74, 6) is 0.854. The molecule has 0 spiro atoms. The summed E-state index contributed by atoms with van der Waals surface area (Å²) in [5.41, 5.74) is 0.980. The van der Waals surface area contributed by atoms with Crippen molar-refractivity contribution in [1.29, 1.82) is 0 Å². The van der Waals surface area contributed by atoms with E-state index in [4.69, 9.17) is 44.3 Å². The molecular weight excluding hydrogens is 347 g/mol. The fraction of sp³-hybridized carbons (Fsp3) is 0.400. The Kier molecular flexibility index (Phi) is 6.24. The Labute approximate surface area is 145 Å². The van der Waals surface area contributed by atoms with Crippen molar-refractivity contribution in [2.45, 2.75) is 29.8 Å². The Morgan fingerprint density at radius 3 is 2.68 bits per heavy atom. The van der Waals surface area contributed by atoms with Crippen LogP contribution in [0, 0.1) is 0 Å². The van der Waals surface area contributed by atoms with E-state index in [0.717, 1.165) is 30.8 Å². The van der Waals surface area contributed by atoms with Gasteiger partial charge in [-0.25, -0.2) is 5.01 Å². The van der Waals surface area contributed by atoms with E-state index in [2.05, 4.69) is 12.0 Å². The van der Waals surface area contributed by atoms with Crippen molar-refractivity contribution in [3.8, 4) is 5.75 Å². The summed E-state index contributed by atoms with van der Waals surface area (Å²) in [4.78, 5) is 0. The van der Waals surface area contributed by atoms with E-state index in [9.17, 15) is 0 Å². The lowest BCUT2D eigenvalue weighted by Gasteiger charge is -2.24. The Hall–Kier alpha value is -1.10. The highest BCUT2D eigenvalue weighted by Gasteiger charge is 2.40. The molecule has 1 unspecified atom stereocenters. The molecule has 0 N–H and O–H groups in total. The largest absolute Gasteiger partial charge is 0.494 e. The van der Waals surface area contributed by atoms with Crippen LogP contribution in [0.4, 0.5) is 0 Å². The van der Waals surface area contributed by atoms with E-state index >= 15 is 0 Å². The molecule has 1 aliphatic rings. The monoisotopic (exact) mass is 362 g/mol. The van der Waals surface area contributed by atoms with Crippen LogP contribution in [-0.2, 0) is 4.74 Å².